The highest BCUT2D eigenvalue weighted by Crippen LogP contribution is 2.35. The number of thiazole rings is 1. The molecule has 154 valence electrons. The van der Waals surface area contributed by atoms with E-state index in [2.05, 4.69) is 20.5 Å². The smallest absolute Gasteiger partial charge is 0.263 e. The van der Waals surface area contributed by atoms with Crippen molar-refractivity contribution in [2.75, 3.05) is 18.8 Å². The van der Waals surface area contributed by atoms with Gasteiger partial charge in [0.2, 0.25) is 0 Å². The minimum Gasteiger partial charge on any atom is -0.397 e. The first-order chi connectivity index (χ1) is 13.6. The first kappa shape index (κ1) is 20.1. The molecule has 4 heterocycles. The van der Waals surface area contributed by atoms with Gasteiger partial charge in [-0.1, -0.05) is 0 Å². The summed E-state index contributed by atoms with van der Waals surface area (Å²) < 4.78 is 27.1. The first-order valence-corrected chi connectivity index (χ1v) is 11.9. The summed E-state index contributed by atoms with van der Waals surface area (Å²) in [5, 5.41) is 12.5. The largest absolute Gasteiger partial charge is 0.397 e. The van der Waals surface area contributed by atoms with E-state index in [1.54, 1.807) is 13.8 Å². The molecule has 4 rings (SSSR count). The Kier molecular flexibility index (Phi) is 4.84. The maximum atomic E-state index is 12.7. The minimum absolute atomic E-state index is 0.215. The van der Waals surface area contributed by atoms with Gasteiger partial charge in [-0.15, -0.1) is 27.8 Å². The summed E-state index contributed by atoms with van der Waals surface area (Å²) in [6.45, 7) is 7.63. The second kappa shape index (κ2) is 6.97. The predicted octanol–water partition coefficient (Wildman–Crippen LogP) is 1.77. The number of nitrogens with two attached hydrogens (primary N) is 1. The molecule has 9 nitrogen and oxygen atoms in total. The van der Waals surface area contributed by atoms with Crippen LogP contribution in [0, 0.1) is 27.7 Å². The van der Waals surface area contributed by atoms with Gasteiger partial charge in [0.05, 0.1) is 28.1 Å². The Morgan fingerprint density at radius 1 is 1.14 bits per heavy atom. The lowest BCUT2D eigenvalue weighted by Gasteiger charge is -2.37. The average Bonchev–Trinajstić information content (AvgIpc) is 3.13. The number of carbonyl (C=O) groups is 1. The number of anilines is 1. The summed E-state index contributed by atoms with van der Waals surface area (Å²) in [6, 6.07) is -0.273. The third kappa shape index (κ3) is 3.29. The summed E-state index contributed by atoms with van der Waals surface area (Å²) in [6.07, 6.45) is 0. The molecule has 0 bridgehead atoms. The zero-order valence-electron chi connectivity index (χ0n) is 16.3. The van der Waals surface area contributed by atoms with Crippen LogP contribution in [0.2, 0.25) is 0 Å². The second-order valence-electron chi connectivity index (χ2n) is 7.03. The van der Waals surface area contributed by atoms with Crippen LogP contribution in [0.5, 0.6) is 0 Å². The van der Waals surface area contributed by atoms with Crippen LogP contribution in [-0.2, 0) is 10.0 Å². The highest BCUT2D eigenvalue weighted by atomic mass is 32.2. The molecule has 3 N–H and O–H groups in total. The number of aromatic nitrogens is 3. The van der Waals surface area contributed by atoms with Gasteiger partial charge in [-0.2, -0.15) is 9.40 Å². The zero-order valence-corrected chi connectivity index (χ0v) is 18.8. The fourth-order valence-corrected chi connectivity index (χ4v) is 7.41. The number of rotatable bonds is 4. The summed E-state index contributed by atoms with van der Waals surface area (Å²) in [5.74, 6) is -0.325. The van der Waals surface area contributed by atoms with Crippen LogP contribution in [0.15, 0.2) is 4.21 Å². The van der Waals surface area contributed by atoms with Gasteiger partial charge in [-0.05, 0) is 33.3 Å². The van der Waals surface area contributed by atoms with Gasteiger partial charge in [-0.25, -0.2) is 13.4 Å². The van der Waals surface area contributed by atoms with E-state index >= 15 is 0 Å². The molecule has 1 aliphatic rings. The van der Waals surface area contributed by atoms with Crippen LogP contribution in [-0.4, -0.2) is 52.9 Å². The van der Waals surface area contributed by atoms with Gasteiger partial charge in [0, 0.05) is 18.5 Å². The molecule has 1 aliphatic heterocycles. The standard InChI is InChI=1S/C17H20N6O3S3/c1-7-8(2)21-22-16-12(7)13(18)14(28-16)15(24)20-11-5-23(6-11)29(25,26)17-9(3)19-10(4)27-17/h11H,5-6,18H2,1-4H3,(H,20,24). The van der Waals surface area contributed by atoms with Crippen molar-refractivity contribution in [2.45, 2.75) is 37.9 Å². The number of hydrogen-bond acceptors (Lipinski definition) is 9. The Bertz CT molecular complexity index is 1240. The van der Waals surface area contributed by atoms with Crippen LogP contribution in [0.25, 0.3) is 10.2 Å². The molecule has 0 spiro atoms. The molecule has 0 radical (unpaired) electrons. The third-order valence-corrected chi connectivity index (χ3v) is 9.54. The number of carbonyl (C=O) groups excluding carboxylic acids is 1. The molecule has 1 saturated heterocycles. The average molecular weight is 453 g/mol. The van der Waals surface area contributed by atoms with Crippen molar-refractivity contribution in [1.82, 2.24) is 24.8 Å². The molecule has 0 atom stereocenters. The number of sulfonamides is 1. The van der Waals surface area contributed by atoms with Gasteiger partial charge in [-0.3, -0.25) is 4.79 Å². The van der Waals surface area contributed by atoms with Gasteiger partial charge < -0.3 is 11.1 Å². The highest BCUT2D eigenvalue weighted by molar-refractivity contribution is 7.91. The molecular formula is C17H20N6O3S3. The van der Waals surface area contributed by atoms with E-state index < -0.39 is 10.0 Å². The molecular weight excluding hydrogens is 432 g/mol. The topological polar surface area (TPSA) is 131 Å². The van der Waals surface area contributed by atoms with Crippen molar-refractivity contribution >= 4 is 54.5 Å². The molecule has 3 aromatic heterocycles. The summed E-state index contributed by atoms with van der Waals surface area (Å²) in [5.41, 5.74) is 8.77. The van der Waals surface area contributed by atoms with E-state index in [9.17, 15) is 13.2 Å². The number of hydrogen-bond donors (Lipinski definition) is 2. The van der Waals surface area contributed by atoms with Crippen molar-refractivity contribution in [2.24, 2.45) is 0 Å². The Labute approximate surface area is 176 Å². The number of nitrogens with one attached hydrogen (secondary N) is 1. The Morgan fingerprint density at radius 3 is 2.45 bits per heavy atom. The fraction of sp³-hybridized carbons (Fsp3) is 0.412. The van der Waals surface area contributed by atoms with Gasteiger partial charge in [0.15, 0.2) is 4.21 Å². The van der Waals surface area contributed by atoms with Crippen LogP contribution >= 0.6 is 22.7 Å². The lowest BCUT2D eigenvalue weighted by atomic mass is 10.1. The van der Waals surface area contributed by atoms with E-state index in [1.807, 2.05) is 13.8 Å². The SMILES string of the molecule is Cc1nc(C)c(S(=O)(=O)N2CC(NC(=O)c3sc4nnc(C)c(C)c4c3N)C2)s1. The lowest BCUT2D eigenvalue weighted by molar-refractivity contribution is 0.0900. The quantitative estimate of drug-likeness (QED) is 0.617. The third-order valence-electron chi connectivity index (χ3n) is 4.96. The van der Waals surface area contributed by atoms with Gasteiger partial charge in [0.25, 0.3) is 15.9 Å². The summed E-state index contributed by atoms with van der Waals surface area (Å²) >= 11 is 2.35. The minimum atomic E-state index is -3.59. The van der Waals surface area contributed by atoms with Crippen molar-refractivity contribution < 1.29 is 13.2 Å². The van der Waals surface area contributed by atoms with E-state index in [1.165, 1.54) is 15.6 Å². The Hall–Kier alpha value is -2.15. The Morgan fingerprint density at radius 2 is 1.83 bits per heavy atom. The molecule has 1 fully saturated rings. The van der Waals surface area contributed by atoms with Crippen LogP contribution in [0.4, 0.5) is 5.69 Å². The molecule has 1 amide bonds. The van der Waals surface area contributed by atoms with Gasteiger partial charge >= 0.3 is 0 Å². The lowest BCUT2D eigenvalue weighted by Crippen LogP contribution is -2.60. The van der Waals surface area contributed by atoms with Crippen molar-refractivity contribution in [3.05, 3.63) is 26.8 Å². The van der Waals surface area contributed by atoms with E-state index in [-0.39, 0.29) is 29.2 Å². The van der Waals surface area contributed by atoms with Gasteiger partial charge in [0.1, 0.15) is 9.71 Å². The summed E-state index contributed by atoms with van der Waals surface area (Å²) in [7, 11) is -3.59. The highest BCUT2D eigenvalue weighted by Gasteiger charge is 2.39. The number of thiophene rings is 1. The van der Waals surface area contributed by atoms with Crippen molar-refractivity contribution in [3.8, 4) is 0 Å². The zero-order chi connectivity index (χ0) is 21.1. The van der Waals surface area contributed by atoms with E-state index in [0.29, 0.717) is 26.1 Å². The molecule has 0 saturated carbocycles. The number of nitrogens with zero attached hydrogens (tertiary/aromatic N) is 4. The first-order valence-electron chi connectivity index (χ1n) is 8.86. The van der Waals surface area contributed by atoms with Crippen LogP contribution in [0.3, 0.4) is 0 Å². The normalized spacial score (nSPS) is 15.6. The number of aryl methyl sites for hydroxylation is 4. The summed E-state index contributed by atoms with van der Waals surface area (Å²) in [4.78, 5) is 17.9. The molecule has 12 heteroatoms. The molecule has 0 aromatic carbocycles. The molecule has 0 aliphatic carbocycles. The predicted molar refractivity (Wildman–Crippen MR) is 113 cm³/mol. The fourth-order valence-electron chi connectivity index (χ4n) is 3.26. The van der Waals surface area contributed by atoms with Crippen LogP contribution < -0.4 is 11.1 Å². The van der Waals surface area contributed by atoms with Crippen molar-refractivity contribution in [1.29, 1.82) is 0 Å². The number of amides is 1. The molecule has 0 unspecified atom stereocenters. The van der Waals surface area contributed by atoms with Crippen LogP contribution in [0.1, 0.15) is 31.6 Å². The maximum absolute atomic E-state index is 12.7. The number of nitrogen functional groups attached to an aromatic ring is 1. The van der Waals surface area contributed by atoms with Crippen molar-refractivity contribution in [3.63, 3.8) is 0 Å². The van der Waals surface area contributed by atoms with E-state index in [4.69, 9.17) is 5.73 Å². The Balaban J connectivity index is 1.48. The molecule has 29 heavy (non-hydrogen) atoms. The maximum Gasteiger partial charge on any atom is 0.263 e. The second-order valence-corrected chi connectivity index (χ2v) is 11.4. The number of fused-ring (bicyclic) bond motifs is 1. The van der Waals surface area contributed by atoms with E-state index in [0.717, 1.165) is 28.0 Å². The monoisotopic (exact) mass is 452 g/mol. The molecule has 3 aromatic rings.